The standard InChI is InChI=1S/C22H22N2/c1-17-16-23-20(15-22(17)24-13-4-5-14-24)12-11-19-9-6-8-18-7-2-3-10-21(18)19/h2-3,6-12,15-16H,4-5,13-14H2,1H3/b12-11-. The van der Waals surface area contributed by atoms with E-state index in [-0.39, 0.29) is 0 Å². The van der Waals surface area contributed by atoms with Crippen LogP contribution in [0, 0.1) is 6.92 Å². The summed E-state index contributed by atoms with van der Waals surface area (Å²) in [5.41, 5.74) is 4.85. The SMILES string of the molecule is Cc1cnc(/C=C\c2cccc3ccccc23)cc1N1CCCC1. The van der Waals surface area contributed by atoms with Gasteiger partial charge in [0.05, 0.1) is 5.69 Å². The van der Waals surface area contributed by atoms with Crippen molar-refractivity contribution in [3.05, 3.63) is 71.5 Å². The average molecular weight is 314 g/mol. The van der Waals surface area contributed by atoms with Crippen LogP contribution in [0.1, 0.15) is 29.7 Å². The van der Waals surface area contributed by atoms with Crippen LogP contribution in [-0.4, -0.2) is 18.1 Å². The summed E-state index contributed by atoms with van der Waals surface area (Å²) in [6.07, 6.45) is 8.89. The van der Waals surface area contributed by atoms with E-state index in [0.717, 1.165) is 18.8 Å². The molecule has 0 saturated carbocycles. The summed E-state index contributed by atoms with van der Waals surface area (Å²) < 4.78 is 0. The van der Waals surface area contributed by atoms with Crippen molar-refractivity contribution in [3.8, 4) is 0 Å². The molecule has 4 rings (SSSR count). The van der Waals surface area contributed by atoms with Crippen LogP contribution in [0.4, 0.5) is 5.69 Å². The van der Waals surface area contributed by atoms with E-state index >= 15 is 0 Å². The van der Waals surface area contributed by atoms with Gasteiger partial charge in [-0.15, -0.1) is 0 Å². The van der Waals surface area contributed by atoms with E-state index in [4.69, 9.17) is 0 Å². The third-order valence-electron chi connectivity index (χ3n) is 4.80. The van der Waals surface area contributed by atoms with E-state index in [1.165, 1.54) is 40.4 Å². The average Bonchev–Trinajstić information content (AvgIpc) is 3.15. The lowest BCUT2D eigenvalue weighted by atomic mass is 10.0. The number of fused-ring (bicyclic) bond motifs is 1. The second-order valence-corrected chi connectivity index (χ2v) is 6.49. The normalized spacial score (nSPS) is 14.8. The van der Waals surface area contributed by atoms with Gasteiger partial charge in [0.2, 0.25) is 0 Å². The molecular weight excluding hydrogens is 292 g/mol. The highest BCUT2D eigenvalue weighted by Gasteiger charge is 2.14. The minimum absolute atomic E-state index is 1.02. The minimum Gasteiger partial charge on any atom is -0.371 e. The molecule has 24 heavy (non-hydrogen) atoms. The fourth-order valence-electron chi connectivity index (χ4n) is 3.49. The van der Waals surface area contributed by atoms with Crippen LogP contribution in [0.15, 0.2) is 54.7 Å². The van der Waals surface area contributed by atoms with Crippen molar-refractivity contribution in [2.75, 3.05) is 18.0 Å². The number of pyridine rings is 1. The highest BCUT2D eigenvalue weighted by Crippen LogP contribution is 2.25. The summed E-state index contributed by atoms with van der Waals surface area (Å²) in [4.78, 5) is 7.07. The highest BCUT2D eigenvalue weighted by atomic mass is 15.1. The highest BCUT2D eigenvalue weighted by molar-refractivity contribution is 5.92. The summed E-state index contributed by atoms with van der Waals surface area (Å²) in [5, 5.41) is 2.55. The third kappa shape index (κ3) is 2.92. The van der Waals surface area contributed by atoms with E-state index in [9.17, 15) is 0 Å². The molecule has 3 aromatic rings. The van der Waals surface area contributed by atoms with Gasteiger partial charge in [0.15, 0.2) is 0 Å². The topological polar surface area (TPSA) is 16.1 Å². The van der Waals surface area contributed by atoms with Crippen LogP contribution < -0.4 is 4.90 Å². The number of rotatable bonds is 3. The van der Waals surface area contributed by atoms with Crippen molar-refractivity contribution in [2.24, 2.45) is 0 Å². The molecule has 2 aromatic carbocycles. The predicted octanol–water partition coefficient (Wildman–Crippen LogP) is 5.31. The van der Waals surface area contributed by atoms with Gasteiger partial charge in [0.25, 0.3) is 0 Å². The van der Waals surface area contributed by atoms with Gasteiger partial charge in [-0.25, -0.2) is 0 Å². The van der Waals surface area contributed by atoms with Crippen LogP contribution in [0.25, 0.3) is 22.9 Å². The molecule has 0 radical (unpaired) electrons. The van der Waals surface area contributed by atoms with Gasteiger partial charge in [-0.2, -0.15) is 0 Å². The lowest BCUT2D eigenvalue weighted by Gasteiger charge is -2.20. The summed E-state index contributed by atoms with van der Waals surface area (Å²) in [6, 6.07) is 17.2. The molecule has 2 nitrogen and oxygen atoms in total. The summed E-state index contributed by atoms with van der Waals surface area (Å²) in [6.45, 7) is 4.48. The number of benzene rings is 2. The van der Waals surface area contributed by atoms with E-state index in [0.29, 0.717) is 0 Å². The molecule has 1 aliphatic rings. The Morgan fingerprint density at radius 1 is 0.958 bits per heavy atom. The van der Waals surface area contributed by atoms with Crippen LogP contribution in [-0.2, 0) is 0 Å². The first kappa shape index (κ1) is 14.9. The molecule has 0 bridgehead atoms. The van der Waals surface area contributed by atoms with Crippen molar-refractivity contribution in [3.63, 3.8) is 0 Å². The Bertz CT molecular complexity index is 884. The summed E-state index contributed by atoms with van der Waals surface area (Å²) in [7, 11) is 0. The number of aromatic nitrogens is 1. The molecular formula is C22H22N2. The Labute approximate surface area is 143 Å². The molecule has 1 aliphatic heterocycles. The molecule has 0 unspecified atom stereocenters. The molecule has 0 atom stereocenters. The van der Waals surface area contributed by atoms with Crippen LogP contribution >= 0.6 is 0 Å². The zero-order valence-electron chi connectivity index (χ0n) is 14.1. The van der Waals surface area contributed by atoms with Gasteiger partial charge in [-0.1, -0.05) is 48.5 Å². The van der Waals surface area contributed by atoms with E-state index in [1.807, 2.05) is 6.20 Å². The summed E-state index contributed by atoms with van der Waals surface area (Å²) >= 11 is 0. The van der Waals surface area contributed by atoms with Crippen LogP contribution in [0.3, 0.4) is 0 Å². The molecule has 0 aliphatic carbocycles. The smallest absolute Gasteiger partial charge is 0.0650 e. The van der Waals surface area contributed by atoms with Crippen LogP contribution in [0.5, 0.6) is 0 Å². The van der Waals surface area contributed by atoms with Gasteiger partial charge in [0.1, 0.15) is 0 Å². The lowest BCUT2D eigenvalue weighted by molar-refractivity contribution is 0.949. The Balaban J connectivity index is 1.67. The van der Waals surface area contributed by atoms with E-state index < -0.39 is 0 Å². The van der Waals surface area contributed by atoms with E-state index in [1.54, 1.807) is 0 Å². The molecule has 0 N–H and O–H groups in total. The van der Waals surface area contributed by atoms with Crippen molar-refractivity contribution >= 4 is 28.6 Å². The second kappa shape index (κ2) is 6.48. The van der Waals surface area contributed by atoms with Crippen molar-refractivity contribution in [2.45, 2.75) is 19.8 Å². The van der Waals surface area contributed by atoms with E-state index in [2.05, 4.69) is 77.5 Å². The van der Waals surface area contributed by atoms with Gasteiger partial charge in [0, 0.05) is 25.0 Å². The van der Waals surface area contributed by atoms with Gasteiger partial charge in [-0.05, 0) is 53.8 Å². The Kier molecular flexibility index (Phi) is 4.04. The Morgan fingerprint density at radius 2 is 1.75 bits per heavy atom. The quantitative estimate of drug-likeness (QED) is 0.651. The summed E-state index contributed by atoms with van der Waals surface area (Å²) in [5.74, 6) is 0. The number of aryl methyl sites for hydroxylation is 1. The predicted molar refractivity (Wildman–Crippen MR) is 103 cm³/mol. The van der Waals surface area contributed by atoms with Crippen molar-refractivity contribution in [1.82, 2.24) is 4.98 Å². The number of nitrogens with zero attached hydrogens (tertiary/aromatic N) is 2. The molecule has 1 fully saturated rings. The molecule has 2 heteroatoms. The fraction of sp³-hybridized carbons (Fsp3) is 0.227. The van der Waals surface area contributed by atoms with Gasteiger partial charge in [-0.3, -0.25) is 4.98 Å². The lowest BCUT2D eigenvalue weighted by Crippen LogP contribution is -2.18. The Hall–Kier alpha value is -2.61. The zero-order valence-corrected chi connectivity index (χ0v) is 14.1. The largest absolute Gasteiger partial charge is 0.371 e. The van der Waals surface area contributed by atoms with Crippen molar-refractivity contribution < 1.29 is 0 Å². The number of anilines is 1. The second-order valence-electron chi connectivity index (χ2n) is 6.49. The molecule has 0 spiro atoms. The number of hydrogen-bond donors (Lipinski definition) is 0. The molecule has 0 amide bonds. The maximum absolute atomic E-state index is 4.59. The maximum Gasteiger partial charge on any atom is 0.0650 e. The van der Waals surface area contributed by atoms with Gasteiger partial charge >= 0.3 is 0 Å². The third-order valence-corrected chi connectivity index (χ3v) is 4.80. The number of hydrogen-bond acceptors (Lipinski definition) is 2. The maximum atomic E-state index is 4.59. The molecule has 1 saturated heterocycles. The molecule has 120 valence electrons. The first-order valence-electron chi connectivity index (χ1n) is 8.69. The first-order valence-corrected chi connectivity index (χ1v) is 8.69. The van der Waals surface area contributed by atoms with Crippen LogP contribution in [0.2, 0.25) is 0 Å². The molecule has 1 aromatic heterocycles. The first-order chi connectivity index (χ1) is 11.8. The Morgan fingerprint density at radius 3 is 2.62 bits per heavy atom. The van der Waals surface area contributed by atoms with Gasteiger partial charge < -0.3 is 4.90 Å². The molecule has 2 heterocycles. The minimum atomic E-state index is 1.02. The van der Waals surface area contributed by atoms with Crippen molar-refractivity contribution in [1.29, 1.82) is 0 Å². The fourth-order valence-corrected chi connectivity index (χ4v) is 3.49. The zero-order chi connectivity index (χ0) is 16.4. The monoisotopic (exact) mass is 314 g/mol.